The highest BCUT2D eigenvalue weighted by atomic mass is 32.2. The monoisotopic (exact) mass is 928 g/mol. The lowest BCUT2D eigenvalue weighted by molar-refractivity contribution is -0.121. The molecule has 6 heterocycles. The van der Waals surface area contributed by atoms with Gasteiger partial charge in [-0.05, 0) is 111 Å². The van der Waals surface area contributed by atoms with E-state index in [9.17, 15) is 22.8 Å². The molecule has 68 heavy (non-hydrogen) atoms. The van der Waals surface area contributed by atoms with Gasteiger partial charge in [0, 0.05) is 102 Å². The third-order valence-corrected chi connectivity index (χ3v) is 15.2. The molecule has 0 atom stereocenters. The minimum atomic E-state index is -3.86. The van der Waals surface area contributed by atoms with Crippen LogP contribution in [0.3, 0.4) is 0 Å². The van der Waals surface area contributed by atoms with Crippen molar-refractivity contribution in [1.29, 1.82) is 0 Å². The first kappa shape index (κ1) is 43.7. The van der Waals surface area contributed by atoms with Gasteiger partial charge in [-0.15, -0.1) is 0 Å². The van der Waals surface area contributed by atoms with Gasteiger partial charge in [-0.2, -0.15) is 5.10 Å². The fourth-order valence-corrected chi connectivity index (χ4v) is 11.6. The van der Waals surface area contributed by atoms with E-state index in [0.717, 1.165) is 129 Å². The van der Waals surface area contributed by atoms with Gasteiger partial charge in [0.2, 0.25) is 21.3 Å². The number of primary sulfonamides is 1. The smallest absolute Gasteiger partial charge is 0.251 e. The number of anilines is 1. The Morgan fingerprint density at radius 3 is 2.32 bits per heavy atom. The lowest BCUT2D eigenvalue weighted by atomic mass is 9.81. The molecule has 13 nitrogen and oxygen atoms in total. The Hall–Kier alpha value is -6.90. The topological polar surface area (TPSA) is 169 Å². The Balaban J connectivity index is 0.834. The second-order valence-corrected chi connectivity index (χ2v) is 20.3. The van der Waals surface area contributed by atoms with Crippen molar-refractivity contribution < 1.29 is 27.5 Å². The number of nitrogens with one attached hydrogen (secondary N) is 2. The molecule has 11 rings (SSSR count). The van der Waals surface area contributed by atoms with E-state index in [-0.39, 0.29) is 36.2 Å². The van der Waals surface area contributed by atoms with Gasteiger partial charge in [0.25, 0.3) is 5.91 Å². The van der Waals surface area contributed by atoms with Crippen LogP contribution in [0.1, 0.15) is 97.5 Å². The largest absolute Gasteiger partial charge is 0.455 e. The number of hydrogen-bond donors (Lipinski definition) is 3. The number of nitrogens with zero attached hydrogens (tertiary/aromatic N) is 4. The Labute approximate surface area is 395 Å². The maximum absolute atomic E-state index is 13.9. The molecule has 0 spiro atoms. The highest BCUT2D eigenvalue weighted by Crippen LogP contribution is 2.49. The summed E-state index contributed by atoms with van der Waals surface area (Å²) in [6, 6.07) is 26.0. The van der Waals surface area contributed by atoms with E-state index >= 15 is 0 Å². The minimum Gasteiger partial charge on any atom is -0.455 e. The fraction of sp³-hybridized carbons (Fsp3) is 0.315. The van der Waals surface area contributed by atoms with Crippen molar-refractivity contribution in [3.8, 4) is 28.4 Å². The Bertz CT molecular complexity index is 3320. The highest BCUT2D eigenvalue weighted by molar-refractivity contribution is 7.89. The first-order chi connectivity index (χ1) is 33.0. The van der Waals surface area contributed by atoms with Crippen LogP contribution in [0.15, 0.2) is 89.8 Å². The van der Waals surface area contributed by atoms with Crippen LogP contribution in [0.5, 0.6) is 11.5 Å². The number of aromatic nitrogens is 2. The molecule has 14 heteroatoms. The molecule has 0 aliphatic carbocycles. The maximum Gasteiger partial charge on any atom is 0.251 e. The van der Waals surface area contributed by atoms with Crippen LogP contribution >= 0.6 is 0 Å². The van der Waals surface area contributed by atoms with E-state index in [0.29, 0.717) is 34.5 Å². The van der Waals surface area contributed by atoms with E-state index in [2.05, 4.69) is 32.2 Å². The maximum atomic E-state index is 13.9. The molecule has 0 saturated heterocycles. The van der Waals surface area contributed by atoms with Crippen LogP contribution in [0, 0.1) is 6.92 Å². The van der Waals surface area contributed by atoms with Gasteiger partial charge in [-0.1, -0.05) is 35.9 Å². The molecule has 4 N–H and O–H groups in total. The van der Waals surface area contributed by atoms with Crippen molar-refractivity contribution >= 4 is 39.4 Å². The van der Waals surface area contributed by atoms with Crippen molar-refractivity contribution in [1.82, 2.24) is 25.0 Å². The normalized spacial score (nSPS) is 15.6. The number of aldehydes is 1. The van der Waals surface area contributed by atoms with Crippen molar-refractivity contribution in [3.63, 3.8) is 0 Å². The van der Waals surface area contributed by atoms with Gasteiger partial charge in [0.1, 0.15) is 24.6 Å². The molecule has 5 aromatic carbocycles. The number of carbonyl (C=O) groups excluding carboxylic acids is 3. The van der Waals surface area contributed by atoms with Crippen molar-refractivity contribution in [2.24, 2.45) is 5.14 Å². The third-order valence-electron chi connectivity index (χ3n) is 14.3. The summed E-state index contributed by atoms with van der Waals surface area (Å²) in [5, 5.41) is 18.4. The molecule has 0 bridgehead atoms. The number of aryl methyl sites for hydroxylation is 4. The second kappa shape index (κ2) is 17.6. The van der Waals surface area contributed by atoms with Crippen molar-refractivity contribution in [2.75, 3.05) is 44.2 Å². The van der Waals surface area contributed by atoms with E-state index in [1.54, 1.807) is 28.9 Å². The molecule has 6 aromatic rings. The Morgan fingerprint density at radius 2 is 1.54 bits per heavy atom. The third kappa shape index (κ3) is 7.98. The van der Waals surface area contributed by atoms with Crippen LogP contribution < -0.4 is 40.6 Å². The van der Waals surface area contributed by atoms with E-state index in [1.165, 1.54) is 45.4 Å². The SMILES string of the molecule is Cc1ccc(-c2cc(CCC(=O)NCCNC(=O)c3ccc(C=O)c(C4=c5cc6c7c(c5Oc5c4cc4c8c5CCCN8CCC4)CCC[N+]=7CCC6)c3)nn2-c2ccc(S(N)(=O)=O)cc2)cc1. The fourth-order valence-electron chi connectivity index (χ4n) is 11.1. The summed E-state index contributed by atoms with van der Waals surface area (Å²) < 4.78 is 35.3. The van der Waals surface area contributed by atoms with E-state index in [4.69, 9.17) is 15.0 Å². The summed E-state index contributed by atoms with van der Waals surface area (Å²) in [7, 11) is -3.86. The number of sulfonamides is 1. The van der Waals surface area contributed by atoms with Gasteiger partial charge in [-0.3, -0.25) is 14.4 Å². The molecule has 5 aliphatic heterocycles. The molecule has 0 unspecified atom stereocenters. The van der Waals surface area contributed by atoms with Crippen LogP contribution in [0.2, 0.25) is 0 Å². The highest BCUT2D eigenvalue weighted by Gasteiger charge is 2.36. The molecule has 1 aromatic heterocycles. The molecular formula is C54H54N7O6S+. The lowest BCUT2D eigenvalue weighted by Crippen LogP contribution is -2.45. The molecule has 2 amide bonds. The molecule has 0 saturated carbocycles. The molecular weight excluding hydrogens is 875 g/mol. The number of benzene rings is 5. The number of fused-ring (bicyclic) bond motifs is 4. The predicted octanol–water partition coefficient (Wildman–Crippen LogP) is 5.22. The van der Waals surface area contributed by atoms with Crippen LogP contribution in [0.4, 0.5) is 5.69 Å². The predicted molar refractivity (Wildman–Crippen MR) is 261 cm³/mol. The zero-order valence-corrected chi connectivity index (χ0v) is 39.0. The van der Waals surface area contributed by atoms with Crippen LogP contribution in [0.25, 0.3) is 22.5 Å². The molecule has 346 valence electrons. The average Bonchev–Trinajstić information content (AvgIpc) is 3.78. The van der Waals surface area contributed by atoms with Gasteiger partial charge in [0.05, 0.1) is 27.5 Å². The Morgan fingerprint density at radius 1 is 0.809 bits per heavy atom. The molecule has 0 fully saturated rings. The second-order valence-electron chi connectivity index (χ2n) is 18.7. The summed E-state index contributed by atoms with van der Waals surface area (Å²) in [6.45, 7) is 6.61. The van der Waals surface area contributed by atoms with Crippen LogP contribution in [-0.4, -0.2) is 75.6 Å². The minimum absolute atomic E-state index is 0.00193. The number of hydrogen-bond acceptors (Lipinski definition) is 8. The summed E-state index contributed by atoms with van der Waals surface area (Å²) in [5.74, 6) is 1.29. The Kier molecular flexibility index (Phi) is 11.3. The number of ether oxygens (including phenoxy) is 1. The molecule has 0 radical (unpaired) electrons. The number of amides is 2. The number of nitrogens with two attached hydrogens (primary N) is 1. The van der Waals surface area contributed by atoms with Gasteiger partial charge < -0.3 is 20.3 Å². The van der Waals surface area contributed by atoms with Gasteiger partial charge in [-0.25, -0.2) is 22.8 Å². The standard InChI is InChI=1S/C54H53N7O6S/c1-33-10-12-34(13-11-33)47-31-39(58-61(47)40-17-19-41(20-18-40)68(55,65)66)16-21-48(63)56-22-23-57-54(64)37-14-15-38(32-62)44(30-37)49-45-28-35-6-2-24-59-26-4-8-42(50(35)59)52(45)67-53-43-9-5-27-60-25-3-7-36(51(43)60)29-46(49)53/h10-15,17-20,28-32H,2-9,16,21-27H2,1H3,(H3-,55,56,57,63,64,65,66)/p+1. The van der Waals surface area contributed by atoms with Crippen LogP contribution in [-0.2, 0) is 46.9 Å². The number of carbonyl (C=O) groups is 3. The summed E-state index contributed by atoms with van der Waals surface area (Å²) >= 11 is 0. The van der Waals surface area contributed by atoms with E-state index in [1.807, 2.05) is 43.3 Å². The van der Waals surface area contributed by atoms with Crippen molar-refractivity contribution in [3.05, 3.63) is 151 Å². The summed E-state index contributed by atoms with van der Waals surface area (Å²) in [5.41, 5.74) is 14.2. The van der Waals surface area contributed by atoms with Gasteiger partial charge >= 0.3 is 0 Å². The summed E-state index contributed by atoms with van der Waals surface area (Å²) in [4.78, 5) is 42.6. The average molecular weight is 929 g/mol. The van der Waals surface area contributed by atoms with E-state index < -0.39 is 10.0 Å². The lowest BCUT2D eigenvalue weighted by Gasteiger charge is -2.39. The van der Waals surface area contributed by atoms with Gasteiger partial charge in [0.15, 0.2) is 6.29 Å². The quantitative estimate of drug-likeness (QED) is 0.0852. The number of rotatable bonds is 12. The first-order valence-corrected chi connectivity index (χ1v) is 25.4. The molecule has 5 aliphatic rings. The van der Waals surface area contributed by atoms with Crippen molar-refractivity contribution in [2.45, 2.75) is 76.0 Å². The zero-order chi connectivity index (χ0) is 46.7. The first-order valence-electron chi connectivity index (χ1n) is 23.9. The summed E-state index contributed by atoms with van der Waals surface area (Å²) in [6.07, 6.45) is 9.52. The zero-order valence-electron chi connectivity index (χ0n) is 38.2.